The number of nitrogens with one attached hydrogen (secondary N) is 1. The van der Waals surface area contributed by atoms with Gasteiger partial charge in [0, 0.05) is 58.5 Å². The molecule has 25 heavy (non-hydrogen) atoms. The number of hydrogen-bond acceptors (Lipinski definition) is 5. The molecule has 1 saturated carbocycles. The Labute approximate surface area is 146 Å². The van der Waals surface area contributed by atoms with E-state index in [4.69, 9.17) is 0 Å². The van der Waals surface area contributed by atoms with Crippen molar-refractivity contribution in [2.75, 3.05) is 33.2 Å². The van der Waals surface area contributed by atoms with Crippen molar-refractivity contribution in [2.45, 2.75) is 25.7 Å². The zero-order valence-corrected chi connectivity index (χ0v) is 14.6. The highest BCUT2D eigenvalue weighted by atomic mass is 16.2. The topological polar surface area (TPSA) is 95.5 Å². The first kappa shape index (κ1) is 17.3. The van der Waals surface area contributed by atoms with Gasteiger partial charge < -0.3 is 15.1 Å². The van der Waals surface area contributed by atoms with Crippen molar-refractivity contribution in [3.63, 3.8) is 0 Å². The van der Waals surface area contributed by atoms with E-state index < -0.39 is 5.92 Å². The monoisotopic (exact) mass is 345 g/mol. The van der Waals surface area contributed by atoms with E-state index in [9.17, 15) is 14.4 Å². The second-order valence-electron chi connectivity index (χ2n) is 6.63. The quantitative estimate of drug-likeness (QED) is 0.833. The molecule has 2 fully saturated rings. The number of nitrogens with zero attached hydrogens (tertiary/aromatic N) is 4. The predicted molar refractivity (Wildman–Crippen MR) is 89.7 cm³/mol. The third-order valence-electron chi connectivity index (χ3n) is 4.73. The largest absolute Gasteiger partial charge is 0.359 e. The van der Waals surface area contributed by atoms with Crippen molar-refractivity contribution in [2.24, 2.45) is 5.92 Å². The van der Waals surface area contributed by atoms with Crippen molar-refractivity contribution in [1.29, 1.82) is 0 Å². The van der Waals surface area contributed by atoms with Crippen LogP contribution in [0.15, 0.2) is 12.4 Å². The van der Waals surface area contributed by atoms with Gasteiger partial charge in [-0.15, -0.1) is 0 Å². The van der Waals surface area contributed by atoms with Crippen molar-refractivity contribution >= 4 is 17.7 Å². The molecule has 8 heteroatoms. The molecule has 1 saturated heterocycles. The average molecular weight is 345 g/mol. The highest BCUT2D eigenvalue weighted by molar-refractivity contribution is 5.94. The molecule has 0 radical (unpaired) electrons. The molecule has 1 aromatic heterocycles. The fourth-order valence-corrected chi connectivity index (χ4v) is 3.04. The van der Waals surface area contributed by atoms with E-state index in [1.807, 2.05) is 0 Å². The number of amides is 3. The molecule has 1 aromatic rings. The Morgan fingerprint density at radius 3 is 2.24 bits per heavy atom. The fraction of sp³-hybridized carbons (Fsp3) is 0.588. The van der Waals surface area contributed by atoms with Crippen LogP contribution < -0.4 is 5.32 Å². The van der Waals surface area contributed by atoms with E-state index >= 15 is 0 Å². The lowest BCUT2D eigenvalue weighted by Gasteiger charge is -2.23. The van der Waals surface area contributed by atoms with Crippen LogP contribution in [-0.2, 0) is 9.59 Å². The molecule has 8 nitrogen and oxygen atoms in total. The van der Waals surface area contributed by atoms with E-state index in [-0.39, 0.29) is 24.3 Å². The van der Waals surface area contributed by atoms with Gasteiger partial charge in [0.2, 0.25) is 11.8 Å². The van der Waals surface area contributed by atoms with Gasteiger partial charge in [-0.1, -0.05) is 0 Å². The Hall–Kier alpha value is -2.51. The Bertz CT molecular complexity index is 671. The maximum absolute atomic E-state index is 12.8. The second-order valence-corrected chi connectivity index (χ2v) is 6.63. The van der Waals surface area contributed by atoms with Gasteiger partial charge in [0.1, 0.15) is 5.82 Å². The second kappa shape index (κ2) is 7.16. The minimum atomic E-state index is -0.452. The minimum absolute atomic E-state index is 0.0969. The lowest BCUT2D eigenvalue weighted by Crippen LogP contribution is -2.42. The summed E-state index contributed by atoms with van der Waals surface area (Å²) in [5, 5.41) is 2.61. The molecular formula is C17H23N5O3. The zero-order valence-electron chi connectivity index (χ0n) is 14.6. The molecule has 0 bridgehead atoms. The Morgan fingerprint density at radius 2 is 1.68 bits per heavy atom. The standard InChI is InChI=1S/C17H23N5O3/c1-11(23)21-5-6-22(10-14(9-21)16(24)18-2)17(25)13-7-19-15(20-8-13)12-3-4-12/h7-8,12,14H,3-6,9-10H2,1-2H3,(H,18,24)/t14-/m0/s1. The number of carbonyl (C=O) groups is 3. The van der Waals surface area contributed by atoms with Crippen molar-refractivity contribution < 1.29 is 14.4 Å². The van der Waals surface area contributed by atoms with E-state index in [0.717, 1.165) is 18.7 Å². The van der Waals surface area contributed by atoms with E-state index in [1.54, 1.807) is 29.2 Å². The van der Waals surface area contributed by atoms with Crippen molar-refractivity contribution in [3.8, 4) is 0 Å². The molecule has 0 aromatic carbocycles. The smallest absolute Gasteiger partial charge is 0.257 e. The zero-order chi connectivity index (χ0) is 18.0. The first-order valence-corrected chi connectivity index (χ1v) is 8.58. The maximum atomic E-state index is 12.8. The third kappa shape index (κ3) is 3.94. The van der Waals surface area contributed by atoms with E-state index in [0.29, 0.717) is 31.1 Å². The van der Waals surface area contributed by atoms with Crippen LogP contribution in [0.3, 0.4) is 0 Å². The van der Waals surface area contributed by atoms with E-state index in [1.165, 1.54) is 6.92 Å². The number of rotatable bonds is 3. The van der Waals surface area contributed by atoms with Crippen LogP contribution in [0.25, 0.3) is 0 Å². The van der Waals surface area contributed by atoms with Gasteiger partial charge in [-0.25, -0.2) is 9.97 Å². The highest BCUT2D eigenvalue weighted by Gasteiger charge is 2.31. The van der Waals surface area contributed by atoms with Gasteiger partial charge in [-0.05, 0) is 12.8 Å². The van der Waals surface area contributed by atoms with Gasteiger partial charge in [0.25, 0.3) is 5.91 Å². The molecule has 0 unspecified atom stereocenters. The van der Waals surface area contributed by atoms with Crippen LogP contribution in [0.4, 0.5) is 0 Å². The summed E-state index contributed by atoms with van der Waals surface area (Å²) in [7, 11) is 1.56. The van der Waals surface area contributed by atoms with Crippen LogP contribution in [0.1, 0.15) is 41.9 Å². The summed E-state index contributed by atoms with van der Waals surface area (Å²) in [6, 6.07) is 0. The minimum Gasteiger partial charge on any atom is -0.359 e. The summed E-state index contributed by atoms with van der Waals surface area (Å²) < 4.78 is 0. The van der Waals surface area contributed by atoms with Crippen molar-refractivity contribution in [3.05, 3.63) is 23.8 Å². The Balaban J connectivity index is 1.75. The Kier molecular flexibility index (Phi) is 4.96. The Morgan fingerprint density at radius 1 is 1.08 bits per heavy atom. The van der Waals surface area contributed by atoms with Gasteiger partial charge in [0.05, 0.1) is 11.5 Å². The summed E-state index contributed by atoms with van der Waals surface area (Å²) in [4.78, 5) is 48.4. The first-order chi connectivity index (χ1) is 12.0. The van der Waals surface area contributed by atoms with Crippen molar-refractivity contribution in [1.82, 2.24) is 25.1 Å². The summed E-state index contributed by atoms with van der Waals surface area (Å²) in [5.74, 6) is 0.294. The molecule has 3 amide bonds. The average Bonchev–Trinajstić information content (AvgIpc) is 3.46. The molecule has 2 aliphatic rings. The fourth-order valence-electron chi connectivity index (χ4n) is 3.04. The summed E-state index contributed by atoms with van der Waals surface area (Å²) >= 11 is 0. The normalized spacial score (nSPS) is 20.8. The van der Waals surface area contributed by atoms with Crippen LogP contribution >= 0.6 is 0 Å². The first-order valence-electron chi connectivity index (χ1n) is 8.58. The molecule has 134 valence electrons. The lowest BCUT2D eigenvalue weighted by molar-refractivity contribution is -0.130. The van der Waals surface area contributed by atoms with Crippen LogP contribution in [0, 0.1) is 5.92 Å². The summed E-state index contributed by atoms with van der Waals surface area (Å²) in [5.41, 5.74) is 0.413. The molecule has 1 aliphatic heterocycles. The summed E-state index contributed by atoms with van der Waals surface area (Å²) in [6.07, 6.45) is 5.33. The van der Waals surface area contributed by atoms with Crippen LogP contribution in [0.2, 0.25) is 0 Å². The number of aromatic nitrogens is 2. The van der Waals surface area contributed by atoms with Crippen LogP contribution in [-0.4, -0.2) is 70.7 Å². The van der Waals surface area contributed by atoms with Gasteiger partial charge in [-0.2, -0.15) is 0 Å². The van der Waals surface area contributed by atoms with Gasteiger partial charge >= 0.3 is 0 Å². The molecule has 0 spiro atoms. The maximum Gasteiger partial charge on any atom is 0.257 e. The SMILES string of the molecule is CNC(=O)[C@H]1CN(C(C)=O)CCN(C(=O)c2cnc(C3CC3)nc2)C1. The number of carbonyl (C=O) groups excluding carboxylic acids is 3. The van der Waals surface area contributed by atoms with Gasteiger partial charge in [0.15, 0.2) is 0 Å². The summed E-state index contributed by atoms with van der Waals surface area (Å²) in [6.45, 7) is 2.86. The molecular weight excluding hydrogens is 322 g/mol. The predicted octanol–water partition coefficient (Wildman–Crippen LogP) is 0.0205. The highest BCUT2D eigenvalue weighted by Crippen LogP contribution is 2.37. The number of hydrogen-bond donors (Lipinski definition) is 1. The third-order valence-corrected chi connectivity index (χ3v) is 4.73. The molecule has 3 rings (SSSR count). The lowest BCUT2D eigenvalue weighted by atomic mass is 10.1. The molecule has 1 atom stereocenters. The van der Waals surface area contributed by atoms with Crippen LogP contribution in [0.5, 0.6) is 0 Å². The van der Waals surface area contributed by atoms with E-state index in [2.05, 4.69) is 15.3 Å². The molecule has 2 heterocycles. The molecule has 1 N–H and O–H groups in total. The molecule has 1 aliphatic carbocycles. The van der Waals surface area contributed by atoms with Gasteiger partial charge in [-0.3, -0.25) is 14.4 Å².